The number of benzene rings is 2. The molecule has 1 aromatic heterocycles. The summed E-state index contributed by atoms with van der Waals surface area (Å²) in [6.45, 7) is 4.20. The average Bonchev–Trinajstić information content (AvgIpc) is 3.04. The van der Waals surface area contributed by atoms with Gasteiger partial charge in [0.2, 0.25) is 0 Å². The summed E-state index contributed by atoms with van der Waals surface area (Å²) in [5.41, 5.74) is 3.72. The number of hydrogen-bond donors (Lipinski definition) is 1. The van der Waals surface area contributed by atoms with Gasteiger partial charge in [-0.2, -0.15) is 0 Å². The van der Waals surface area contributed by atoms with Crippen LogP contribution in [0.2, 0.25) is 0 Å². The standard InChI is InChI=1S/C21H23N3O2/c1-23-9-8-16-6-7-17(14-20(16)23)21(25)22-19-5-3-2-4-18(19)15-24-10-12-26-13-11-24/h2-9,14H,10-13,15H2,1H3,(H,22,25). The Morgan fingerprint density at radius 1 is 1.12 bits per heavy atom. The van der Waals surface area contributed by atoms with Gasteiger partial charge in [0.25, 0.3) is 5.91 Å². The molecule has 0 radical (unpaired) electrons. The van der Waals surface area contributed by atoms with E-state index in [9.17, 15) is 4.79 Å². The molecule has 26 heavy (non-hydrogen) atoms. The molecular weight excluding hydrogens is 326 g/mol. The minimum absolute atomic E-state index is 0.0810. The molecule has 1 aliphatic rings. The largest absolute Gasteiger partial charge is 0.379 e. The molecule has 1 N–H and O–H groups in total. The third-order valence-corrected chi connectivity index (χ3v) is 4.91. The second kappa shape index (κ2) is 7.32. The van der Waals surface area contributed by atoms with Crippen molar-refractivity contribution in [3.63, 3.8) is 0 Å². The molecule has 134 valence electrons. The van der Waals surface area contributed by atoms with Gasteiger partial charge in [-0.3, -0.25) is 9.69 Å². The van der Waals surface area contributed by atoms with Gasteiger partial charge in [-0.05, 0) is 35.2 Å². The molecular formula is C21H23N3O2. The van der Waals surface area contributed by atoms with E-state index < -0.39 is 0 Å². The fourth-order valence-corrected chi connectivity index (χ4v) is 3.38. The number of hydrogen-bond acceptors (Lipinski definition) is 3. The van der Waals surface area contributed by atoms with Gasteiger partial charge in [-0.1, -0.05) is 24.3 Å². The lowest BCUT2D eigenvalue weighted by atomic mass is 10.1. The highest BCUT2D eigenvalue weighted by molar-refractivity contribution is 6.06. The van der Waals surface area contributed by atoms with Gasteiger partial charge in [0, 0.05) is 49.6 Å². The number of anilines is 1. The second-order valence-electron chi connectivity index (χ2n) is 6.70. The number of carbonyl (C=O) groups excluding carboxylic acids is 1. The quantitative estimate of drug-likeness (QED) is 0.786. The highest BCUT2D eigenvalue weighted by Crippen LogP contribution is 2.21. The average molecular weight is 349 g/mol. The summed E-state index contributed by atoms with van der Waals surface area (Å²) in [5, 5.41) is 4.22. The van der Waals surface area contributed by atoms with Crippen LogP contribution in [0.25, 0.3) is 10.9 Å². The van der Waals surface area contributed by atoms with E-state index in [0.29, 0.717) is 5.56 Å². The van der Waals surface area contributed by atoms with Crippen LogP contribution in [-0.2, 0) is 18.3 Å². The Morgan fingerprint density at radius 2 is 1.92 bits per heavy atom. The maximum Gasteiger partial charge on any atom is 0.255 e. The SMILES string of the molecule is Cn1ccc2ccc(C(=O)Nc3ccccc3CN3CCOCC3)cc21. The monoisotopic (exact) mass is 349 g/mol. The zero-order valence-corrected chi connectivity index (χ0v) is 14.9. The zero-order valence-electron chi connectivity index (χ0n) is 14.9. The van der Waals surface area contributed by atoms with Crippen molar-refractivity contribution in [1.82, 2.24) is 9.47 Å². The van der Waals surface area contributed by atoms with Crippen LogP contribution >= 0.6 is 0 Å². The van der Waals surface area contributed by atoms with E-state index in [1.54, 1.807) is 0 Å². The lowest BCUT2D eigenvalue weighted by Crippen LogP contribution is -2.35. The third-order valence-electron chi connectivity index (χ3n) is 4.91. The van der Waals surface area contributed by atoms with E-state index >= 15 is 0 Å². The van der Waals surface area contributed by atoms with Gasteiger partial charge in [0.05, 0.1) is 13.2 Å². The second-order valence-corrected chi connectivity index (χ2v) is 6.70. The van der Waals surface area contributed by atoms with Gasteiger partial charge in [-0.15, -0.1) is 0 Å². The van der Waals surface area contributed by atoms with Crippen LogP contribution < -0.4 is 5.32 Å². The van der Waals surface area contributed by atoms with Gasteiger partial charge in [0.1, 0.15) is 0 Å². The molecule has 0 spiro atoms. The lowest BCUT2D eigenvalue weighted by Gasteiger charge is -2.27. The van der Waals surface area contributed by atoms with E-state index in [0.717, 1.165) is 55.0 Å². The molecule has 5 heteroatoms. The topological polar surface area (TPSA) is 46.5 Å². The van der Waals surface area contributed by atoms with Crippen LogP contribution in [-0.4, -0.2) is 41.7 Å². The van der Waals surface area contributed by atoms with Crippen molar-refractivity contribution in [1.29, 1.82) is 0 Å². The summed E-state index contributed by atoms with van der Waals surface area (Å²) >= 11 is 0. The zero-order chi connectivity index (χ0) is 17.9. The van der Waals surface area contributed by atoms with Crippen molar-refractivity contribution >= 4 is 22.5 Å². The Kier molecular flexibility index (Phi) is 4.73. The molecule has 0 aliphatic carbocycles. The van der Waals surface area contributed by atoms with Crippen molar-refractivity contribution < 1.29 is 9.53 Å². The Morgan fingerprint density at radius 3 is 2.77 bits per heavy atom. The van der Waals surface area contributed by atoms with E-state index in [4.69, 9.17) is 4.74 Å². The number of aromatic nitrogens is 1. The predicted molar refractivity (Wildman–Crippen MR) is 103 cm³/mol. The number of nitrogens with zero attached hydrogens (tertiary/aromatic N) is 2. The maximum absolute atomic E-state index is 12.8. The third kappa shape index (κ3) is 3.49. The molecule has 1 amide bonds. The normalized spacial score (nSPS) is 15.3. The first-order valence-corrected chi connectivity index (χ1v) is 8.95. The van der Waals surface area contributed by atoms with E-state index in [2.05, 4.69) is 22.3 Å². The summed E-state index contributed by atoms with van der Waals surface area (Å²) in [7, 11) is 1.99. The van der Waals surface area contributed by atoms with Gasteiger partial charge in [-0.25, -0.2) is 0 Å². The van der Waals surface area contributed by atoms with Crippen LogP contribution in [0.3, 0.4) is 0 Å². The summed E-state index contributed by atoms with van der Waals surface area (Å²) < 4.78 is 7.44. The molecule has 1 fully saturated rings. The number of nitrogens with one attached hydrogen (secondary N) is 1. The first-order valence-electron chi connectivity index (χ1n) is 8.95. The van der Waals surface area contributed by atoms with Crippen LogP contribution in [0.5, 0.6) is 0 Å². The number of aryl methyl sites for hydroxylation is 1. The van der Waals surface area contributed by atoms with Crippen LogP contribution in [0.4, 0.5) is 5.69 Å². The minimum Gasteiger partial charge on any atom is -0.379 e. The van der Waals surface area contributed by atoms with Crippen molar-refractivity contribution in [3.8, 4) is 0 Å². The minimum atomic E-state index is -0.0810. The van der Waals surface area contributed by atoms with E-state index in [-0.39, 0.29) is 5.91 Å². The fourth-order valence-electron chi connectivity index (χ4n) is 3.38. The van der Waals surface area contributed by atoms with Gasteiger partial charge >= 0.3 is 0 Å². The smallest absolute Gasteiger partial charge is 0.255 e. The van der Waals surface area contributed by atoms with Gasteiger partial charge < -0.3 is 14.6 Å². The van der Waals surface area contributed by atoms with Crippen molar-refractivity contribution in [3.05, 3.63) is 65.9 Å². The fraction of sp³-hybridized carbons (Fsp3) is 0.286. The molecule has 3 aromatic rings. The number of ether oxygens (including phenoxy) is 1. The molecule has 2 heterocycles. The molecule has 0 saturated carbocycles. The molecule has 1 aliphatic heterocycles. The number of fused-ring (bicyclic) bond motifs is 1. The van der Waals surface area contributed by atoms with E-state index in [1.807, 2.05) is 54.2 Å². The molecule has 1 saturated heterocycles. The summed E-state index contributed by atoms with van der Waals surface area (Å²) in [4.78, 5) is 15.1. The predicted octanol–water partition coefficient (Wildman–Crippen LogP) is 3.26. The molecule has 2 aromatic carbocycles. The van der Waals surface area contributed by atoms with E-state index in [1.165, 1.54) is 0 Å². The number of para-hydroxylation sites is 1. The number of rotatable bonds is 4. The highest BCUT2D eigenvalue weighted by Gasteiger charge is 2.15. The Balaban J connectivity index is 1.54. The summed E-state index contributed by atoms with van der Waals surface area (Å²) in [6.07, 6.45) is 2.00. The molecule has 0 unspecified atom stereocenters. The summed E-state index contributed by atoms with van der Waals surface area (Å²) in [6, 6.07) is 15.9. The first kappa shape index (κ1) is 16.8. The van der Waals surface area contributed by atoms with Crippen LogP contribution in [0.15, 0.2) is 54.7 Å². The Labute approximate surface area is 153 Å². The lowest BCUT2D eigenvalue weighted by molar-refractivity contribution is 0.0342. The van der Waals surface area contributed by atoms with Crippen molar-refractivity contribution in [2.75, 3.05) is 31.6 Å². The molecule has 0 bridgehead atoms. The van der Waals surface area contributed by atoms with Crippen molar-refractivity contribution in [2.45, 2.75) is 6.54 Å². The van der Waals surface area contributed by atoms with Crippen LogP contribution in [0.1, 0.15) is 15.9 Å². The molecule has 5 nitrogen and oxygen atoms in total. The Bertz CT molecular complexity index is 926. The van der Waals surface area contributed by atoms with Crippen LogP contribution in [0, 0.1) is 0 Å². The van der Waals surface area contributed by atoms with Gasteiger partial charge in [0.15, 0.2) is 0 Å². The molecule has 0 atom stereocenters. The maximum atomic E-state index is 12.8. The Hall–Kier alpha value is -2.63. The highest BCUT2D eigenvalue weighted by atomic mass is 16.5. The number of amides is 1. The summed E-state index contributed by atoms with van der Waals surface area (Å²) in [5.74, 6) is -0.0810. The van der Waals surface area contributed by atoms with Crippen molar-refractivity contribution in [2.24, 2.45) is 7.05 Å². The number of carbonyl (C=O) groups is 1. The molecule has 4 rings (SSSR count). The first-order chi connectivity index (χ1) is 12.7. The number of morpholine rings is 1.